The first-order chi connectivity index (χ1) is 8.52. The van der Waals surface area contributed by atoms with Gasteiger partial charge in [-0.15, -0.1) is 0 Å². The van der Waals surface area contributed by atoms with Crippen molar-refractivity contribution in [2.45, 2.75) is 13.8 Å². The molecule has 0 fully saturated rings. The summed E-state index contributed by atoms with van der Waals surface area (Å²) in [7, 11) is 0. The highest BCUT2D eigenvalue weighted by molar-refractivity contribution is 6.34. The summed E-state index contributed by atoms with van der Waals surface area (Å²) < 4.78 is 0. The summed E-state index contributed by atoms with van der Waals surface area (Å²) in [5, 5.41) is 1.13. The van der Waals surface area contributed by atoms with E-state index in [1.54, 1.807) is 12.1 Å². The summed E-state index contributed by atoms with van der Waals surface area (Å²) in [6, 6.07) is 9.29. The fourth-order valence-corrected chi connectivity index (χ4v) is 2.29. The number of rotatable bonds is 2. The van der Waals surface area contributed by atoms with Gasteiger partial charge in [-0.2, -0.15) is 0 Å². The van der Waals surface area contributed by atoms with Crippen molar-refractivity contribution in [2.24, 2.45) is 0 Å². The minimum absolute atomic E-state index is 0.453. The maximum Gasteiger partial charge on any atom is 0.151 e. The van der Waals surface area contributed by atoms with Gasteiger partial charge in [0, 0.05) is 16.1 Å². The number of carbonyl (C=O) groups is 1. The quantitative estimate of drug-likeness (QED) is 0.700. The van der Waals surface area contributed by atoms with Crippen LogP contribution in [0.15, 0.2) is 30.3 Å². The standard InChI is InChI=1S/C15H12Cl2O/c1-9-5-13(15(17)6-10(9)2)11-3-4-14(16)12(7-11)8-18/h3-8H,1-2H3. The average Bonchev–Trinajstić information content (AvgIpc) is 2.35. The van der Waals surface area contributed by atoms with Gasteiger partial charge in [-0.1, -0.05) is 29.3 Å². The molecule has 0 saturated carbocycles. The number of carbonyl (C=O) groups excluding carboxylic acids is 1. The van der Waals surface area contributed by atoms with Crippen molar-refractivity contribution >= 4 is 29.5 Å². The number of hydrogen-bond donors (Lipinski definition) is 0. The number of aryl methyl sites for hydroxylation is 2. The molecular formula is C15H12Cl2O. The molecule has 0 saturated heterocycles. The second-order valence-corrected chi connectivity index (χ2v) is 5.08. The van der Waals surface area contributed by atoms with Gasteiger partial charge in [0.25, 0.3) is 0 Å². The molecule has 0 spiro atoms. The molecule has 0 N–H and O–H groups in total. The molecule has 0 amide bonds. The molecule has 92 valence electrons. The topological polar surface area (TPSA) is 17.1 Å². The summed E-state index contributed by atoms with van der Waals surface area (Å²) in [5.41, 5.74) is 4.60. The Morgan fingerprint density at radius 3 is 2.28 bits per heavy atom. The van der Waals surface area contributed by atoms with Gasteiger partial charge in [-0.3, -0.25) is 4.79 Å². The lowest BCUT2D eigenvalue weighted by Crippen LogP contribution is -1.88. The Labute approximate surface area is 116 Å². The summed E-state index contributed by atoms with van der Waals surface area (Å²) in [6.07, 6.45) is 0.751. The third-order valence-corrected chi connectivity index (χ3v) is 3.67. The van der Waals surface area contributed by atoms with E-state index >= 15 is 0 Å². The lowest BCUT2D eigenvalue weighted by atomic mass is 9.99. The maximum absolute atomic E-state index is 10.9. The first-order valence-corrected chi connectivity index (χ1v) is 6.30. The SMILES string of the molecule is Cc1cc(Cl)c(-c2ccc(Cl)c(C=O)c2)cc1C. The van der Waals surface area contributed by atoms with Gasteiger partial charge in [-0.05, 0) is 54.8 Å². The molecule has 2 aromatic carbocycles. The van der Waals surface area contributed by atoms with E-state index in [2.05, 4.69) is 0 Å². The Morgan fingerprint density at radius 1 is 0.944 bits per heavy atom. The summed E-state index contributed by atoms with van der Waals surface area (Å²) in [5.74, 6) is 0. The second kappa shape index (κ2) is 5.13. The summed E-state index contributed by atoms with van der Waals surface area (Å²) >= 11 is 12.2. The van der Waals surface area contributed by atoms with Crippen LogP contribution in [0.1, 0.15) is 21.5 Å². The van der Waals surface area contributed by atoms with Gasteiger partial charge < -0.3 is 0 Å². The van der Waals surface area contributed by atoms with Crippen LogP contribution in [-0.2, 0) is 0 Å². The van der Waals surface area contributed by atoms with Crippen LogP contribution in [-0.4, -0.2) is 6.29 Å². The molecule has 3 heteroatoms. The number of halogens is 2. The van der Waals surface area contributed by atoms with E-state index in [1.165, 1.54) is 0 Å². The minimum atomic E-state index is 0.453. The lowest BCUT2D eigenvalue weighted by Gasteiger charge is -2.09. The Morgan fingerprint density at radius 2 is 1.61 bits per heavy atom. The third kappa shape index (κ3) is 2.43. The van der Waals surface area contributed by atoms with Crippen molar-refractivity contribution < 1.29 is 4.79 Å². The van der Waals surface area contributed by atoms with Crippen LogP contribution in [0.2, 0.25) is 10.0 Å². The lowest BCUT2D eigenvalue weighted by molar-refractivity contribution is 0.112. The molecule has 0 aliphatic heterocycles. The highest BCUT2D eigenvalue weighted by atomic mass is 35.5. The predicted molar refractivity (Wildman–Crippen MR) is 76.8 cm³/mol. The third-order valence-electron chi connectivity index (χ3n) is 3.02. The first kappa shape index (κ1) is 13.1. The van der Waals surface area contributed by atoms with Crippen molar-refractivity contribution in [1.29, 1.82) is 0 Å². The van der Waals surface area contributed by atoms with E-state index in [0.717, 1.165) is 28.5 Å². The average molecular weight is 279 g/mol. The monoisotopic (exact) mass is 278 g/mol. The molecule has 2 aromatic rings. The zero-order chi connectivity index (χ0) is 13.3. The van der Waals surface area contributed by atoms with Crippen LogP contribution in [0.3, 0.4) is 0 Å². The molecule has 0 aromatic heterocycles. The van der Waals surface area contributed by atoms with Crippen LogP contribution in [0.25, 0.3) is 11.1 Å². The number of aldehydes is 1. The maximum atomic E-state index is 10.9. The first-order valence-electron chi connectivity index (χ1n) is 5.55. The fraction of sp³-hybridized carbons (Fsp3) is 0.133. The van der Waals surface area contributed by atoms with E-state index in [9.17, 15) is 4.79 Å². The molecule has 0 atom stereocenters. The normalized spacial score (nSPS) is 10.4. The second-order valence-electron chi connectivity index (χ2n) is 4.27. The zero-order valence-electron chi connectivity index (χ0n) is 10.1. The summed E-state index contributed by atoms with van der Waals surface area (Å²) in [4.78, 5) is 10.9. The molecule has 2 rings (SSSR count). The smallest absolute Gasteiger partial charge is 0.151 e. The largest absolute Gasteiger partial charge is 0.298 e. The van der Waals surface area contributed by atoms with Gasteiger partial charge >= 0.3 is 0 Å². The van der Waals surface area contributed by atoms with Crippen LogP contribution in [0, 0.1) is 13.8 Å². The van der Waals surface area contributed by atoms with Crippen LogP contribution in [0.5, 0.6) is 0 Å². The van der Waals surface area contributed by atoms with E-state index in [4.69, 9.17) is 23.2 Å². The molecule has 18 heavy (non-hydrogen) atoms. The highest BCUT2D eigenvalue weighted by Gasteiger charge is 2.08. The van der Waals surface area contributed by atoms with E-state index in [-0.39, 0.29) is 0 Å². The molecule has 0 heterocycles. The Kier molecular flexibility index (Phi) is 3.74. The Hall–Kier alpha value is -1.31. The predicted octanol–water partition coefficient (Wildman–Crippen LogP) is 5.09. The van der Waals surface area contributed by atoms with Crippen LogP contribution in [0.4, 0.5) is 0 Å². The van der Waals surface area contributed by atoms with Crippen molar-refractivity contribution in [3.63, 3.8) is 0 Å². The van der Waals surface area contributed by atoms with E-state index in [1.807, 2.05) is 32.0 Å². The van der Waals surface area contributed by atoms with Gasteiger partial charge in [0.1, 0.15) is 0 Å². The molecular weight excluding hydrogens is 267 g/mol. The van der Waals surface area contributed by atoms with Crippen LogP contribution >= 0.6 is 23.2 Å². The van der Waals surface area contributed by atoms with Crippen LogP contribution < -0.4 is 0 Å². The van der Waals surface area contributed by atoms with E-state index < -0.39 is 0 Å². The molecule has 0 bridgehead atoms. The minimum Gasteiger partial charge on any atom is -0.298 e. The zero-order valence-corrected chi connectivity index (χ0v) is 11.6. The van der Waals surface area contributed by atoms with E-state index in [0.29, 0.717) is 15.6 Å². The molecule has 1 nitrogen and oxygen atoms in total. The Balaban J connectivity index is 2.62. The van der Waals surface area contributed by atoms with Gasteiger partial charge in [0.15, 0.2) is 6.29 Å². The molecule has 0 aliphatic rings. The highest BCUT2D eigenvalue weighted by Crippen LogP contribution is 2.32. The summed E-state index contributed by atoms with van der Waals surface area (Å²) in [6.45, 7) is 4.05. The number of benzene rings is 2. The van der Waals surface area contributed by atoms with Crippen molar-refractivity contribution in [3.05, 3.63) is 57.1 Å². The van der Waals surface area contributed by atoms with Gasteiger partial charge in [0.05, 0.1) is 5.02 Å². The molecule has 0 radical (unpaired) electrons. The molecule has 0 aliphatic carbocycles. The van der Waals surface area contributed by atoms with Crippen molar-refractivity contribution in [2.75, 3.05) is 0 Å². The molecule has 0 unspecified atom stereocenters. The number of hydrogen-bond acceptors (Lipinski definition) is 1. The van der Waals surface area contributed by atoms with Gasteiger partial charge in [-0.25, -0.2) is 0 Å². The Bertz CT molecular complexity index is 618. The van der Waals surface area contributed by atoms with Crippen molar-refractivity contribution in [1.82, 2.24) is 0 Å². The fourth-order valence-electron chi connectivity index (χ4n) is 1.80. The van der Waals surface area contributed by atoms with Crippen molar-refractivity contribution in [3.8, 4) is 11.1 Å². The van der Waals surface area contributed by atoms with Gasteiger partial charge in [0.2, 0.25) is 0 Å².